The van der Waals surface area contributed by atoms with Crippen LogP contribution in [0.25, 0.3) is 0 Å². The summed E-state index contributed by atoms with van der Waals surface area (Å²) >= 11 is 12.0. The van der Waals surface area contributed by atoms with Crippen LogP contribution in [0.1, 0.15) is 25.8 Å². The van der Waals surface area contributed by atoms with E-state index in [0.717, 1.165) is 17.7 Å². The maximum Gasteiger partial charge on any atom is 0.114 e. The zero-order valence-electron chi connectivity index (χ0n) is 8.76. The molecule has 0 saturated carbocycles. The molecular weight excluding hydrogens is 233 g/mol. The van der Waals surface area contributed by atoms with Crippen molar-refractivity contribution in [3.05, 3.63) is 33.8 Å². The van der Waals surface area contributed by atoms with Crippen LogP contribution in [-0.4, -0.2) is 12.3 Å². The van der Waals surface area contributed by atoms with Gasteiger partial charge in [-0.05, 0) is 31.5 Å². The minimum absolute atomic E-state index is 0.543. The molecule has 0 aromatic heterocycles. The van der Waals surface area contributed by atoms with E-state index in [2.05, 4.69) is 5.16 Å². The molecule has 82 valence electrons. The minimum Gasteiger partial charge on any atom is -0.396 e. The molecule has 0 aliphatic rings. The van der Waals surface area contributed by atoms with Crippen LogP contribution in [0.2, 0.25) is 10.0 Å². The molecular formula is C11H13Cl2NO. The van der Waals surface area contributed by atoms with Crippen LogP contribution >= 0.6 is 23.2 Å². The van der Waals surface area contributed by atoms with Crippen LogP contribution in [0.15, 0.2) is 23.4 Å². The van der Waals surface area contributed by atoms with Crippen molar-refractivity contribution < 1.29 is 4.84 Å². The summed E-state index contributed by atoms with van der Waals surface area (Å²) in [5, 5.41) is 5.29. The molecule has 0 aliphatic heterocycles. The first-order valence-corrected chi connectivity index (χ1v) is 5.58. The van der Waals surface area contributed by atoms with Gasteiger partial charge in [-0.3, -0.25) is 0 Å². The van der Waals surface area contributed by atoms with Crippen molar-refractivity contribution in [2.24, 2.45) is 5.16 Å². The first-order chi connectivity index (χ1) is 7.19. The summed E-state index contributed by atoms with van der Waals surface area (Å²) in [6.07, 6.45) is 0.750. The Kier molecular flexibility index (Phi) is 4.92. The summed E-state index contributed by atoms with van der Waals surface area (Å²) < 4.78 is 0. The Morgan fingerprint density at radius 2 is 2.07 bits per heavy atom. The molecule has 1 aromatic carbocycles. The third-order valence-corrected chi connectivity index (χ3v) is 2.44. The van der Waals surface area contributed by atoms with Crippen molar-refractivity contribution in [1.29, 1.82) is 0 Å². The monoisotopic (exact) mass is 245 g/mol. The second-order valence-corrected chi connectivity index (χ2v) is 3.78. The number of hydrogen-bond acceptors (Lipinski definition) is 2. The third kappa shape index (κ3) is 3.40. The lowest BCUT2D eigenvalue weighted by Gasteiger charge is -2.06. The van der Waals surface area contributed by atoms with Crippen molar-refractivity contribution in [3.8, 4) is 0 Å². The molecule has 0 fully saturated rings. The standard InChI is InChI=1S/C11H13Cl2NO/c1-3-11(14-15-4-2)9-7-8(12)5-6-10(9)13/h5-7H,3-4H2,1-2H3. The van der Waals surface area contributed by atoms with Gasteiger partial charge in [0.15, 0.2) is 0 Å². The highest BCUT2D eigenvalue weighted by Gasteiger charge is 2.07. The number of rotatable bonds is 4. The number of benzene rings is 1. The van der Waals surface area contributed by atoms with Crippen molar-refractivity contribution in [3.63, 3.8) is 0 Å². The number of nitrogens with zero attached hydrogens (tertiary/aromatic N) is 1. The number of oxime groups is 1. The molecule has 0 unspecified atom stereocenters. The maximum atomic E-state index is 6.05. The summed E-state index contributed by atoms with van der Waals surface area (Å²) in [5.41, 5.74) is 1.64. The van der Waals surface area contributed by atoms with E-state index in [-0.39, 0.29) is 0 Å². The fraction of sp³-hybridized carbons (Fsp3) is 0.364. The lowest BCUT2D eigenvalue weighted by Crippen LogP contribution is -2.01. The first-order valence-electron chi connectivity index (χ1n) is 4.83. The second kappa shape index (κ2) is 5.99. The van der Waals surface area contributed by atoms with Gasteiger partial charge in [-0.15, -0.1) is 0 Å². The molecule has 0 aliphatic carbocycles. The van der Waals surface area contributed by atoms with Crippen molar-refractivity contribution in [1.82, 2.24) is 0 Å². The minimum atomic E-state index is 0.543. The van der Waals surface area contributed by atoms with Crippen LogP contribution in [0.3, 0.4) is 0 Å². The molecule has 15 heavy (non-hydrogen) atoms. The SMILES string of the molecule is CCON=C(CC)c1cc(Cl)ccc1Cl. The summed E-state index contributed by atoms with van der Waals surface area (Å²) in [7, 11) is 0. The quantitative estimate of drug-likeness (QED) is 0.577. The van der Waals surface area contributed by atoms with Gasteiger partial charge in [-0.2, -0.15) is 0 Å². The third-order valence-electron chi connectivity index (χ3n) is 1.88. The van der Waals surface area contributed by atoms with E-state index >= 15 is 0 Å². The van der Waals surface area contributed by atoms with Gasteiger partial charge < -0.3 is 4.84 Å². The zero-order chi connectivity index (χ0) is 11.3. The Labute approximate surface area is 99.8 Å². The molecule has 0 spiro atoms. The van der Waals surface area contributed by atoms with Crippen LogP contribution in [-0.2, 0) is 4.84 Å². The Morgan fingerprint density at radius 1 is 1.33 bits per heavy atom. The molecule has 0 radical (unpaired) electrons. The summed E-state index contributed by atoms with van der Waals surface area (Å²) in [5.74, 6) is 0. The maximum absolute atomic E-state index is 6.05. The Bertz CT molecular complexity index is 364. The highest BCUT2D eigenvalue weighted by atomic mass is 35.5. The Balaban J connectivity index is 3.05. The van der Waals surface area contributed by atoms with Crippen LogP contribution in [0, 0.1) is 0 Å². The van der Waals surface area contributed by atoms with Gasteiger partial charge in [0.2, 0.25) is 0 Å². The van der Waals surface area contributed by atoms with E-state index in [9.17, 15) is 0 Å². The lowest BCUT2D eigenvalue weighted by atomic mass is 10.1. The summed E-state index contributed by atoms with van der Waals surface area (Å²) in [4.78, 5) is 5.02. The van der Waals surface area contributed by atoms with Gasteiger partial charge in [0.1, 0.15) is 6.61 Å². The van der Waals surface area contributed by atoms with Gasteiger partial charge in [0, 0.05) is 15.6 Å². The highest BCUT2D eigenvalue weighted by Crippen LogP contribution is 2.22. The van der Waals surface area contributed by atoms with Gasteiger partial charge in [-0.25, -0.2) is 0 Å². The van der Waals surface area contributed by atoms with E-state index < -0.39 is 0 Å². The van der Waals surface area contributed by atoms with E-state index in [1.807, 2.05) is 13.8 Å². The van der Waals surface area contributed by atoms with Crippen LogP contribution < -0.4 is 0 Å². The smallest absolute Gasteiger partial charge is 0.114 e. The van der Waals surface area contributed by atoms with Crippen molar-refractivity contribution >= 4 is 28.9 Å². The molecule has 0 heterocycles. The molecule has 1 rings (SSSR count). The second-order valence-electron chi connectivity index (χ2n) is 2.93. The zero-order valence-corrected chi connectivity index (χ0v) is 10.3. The molecule has 0 saturated heterocycles. The average molecular weight is 246 g/mol. The van der Waals surface area contributed by atoms with Crippen LogP contribution in [0.4, 0.5) is 0 Å². The van der Waals surface area contributed by atoms with Crippen molar-refractivity contribution in [2.45, 2.75) is 20.3 Å². The van der Waals surface area contributed by atoms with Crippen LogP contribution in [0.5, 0.6) is 0 Å². The van der Waals surface area contributed by atoms with Gasteiger partial charge in [-0.1, -0.05) is 35.3 Å². The van der Waals surface area contributed by atoms with E-state index in [4.69, 9.17) is 28.0 Å². The lowest BCUT2D eigenvalue weighted by molar-refractivity contribution is 0.158. The molecule has 0 amide bonds. The fourth-order valence-electron chi connectivity index (χ4n) is 1.17. The predicted molar refractivity (Wildman–Crippen MR) is 64.9 cm³/mol. The van der Waals surface area contributed by atoms with E-state index in [0.29, 0.717) is 16.7 Å². The molecule has 0 bridgehead atoms. The molecule has 2 nitrogen and oxygen atoms in total. The van der Waals surface area contributed by atoms with Gasteiger partial charge in [0.25, 0.3) is 0 Å². The normalized spacial score (nSPS) is 11.6. The van der Waals surface area contributed by atoms with Gasteiger partial charge in [0.05, 0.1) is 5.71 Å². The molecule has 4 heteroatoms. The summed E-state index contributed by atoms with van der Waals surface area (Å²) in [6, 6.07) is 5.31. The van der Waals surface area contributed by atoms with Crippen molar-refractivity contribution in [2.75, 3.05) is 6.61 Å². The largest absolute Gasteiger partial charge is 0.396 e. The summed E-state index contributed by atoms with van der Waals surface area (Å²) in [6.45, 7) is 4.42. The number of hydrogen-bond donors (Lipinski definition) is 0. The predicted octanol–water partition coefficient (Wildman–Crippen LogP) is 4.14. The number of halogens is 2. The molecule has 0 atom stereocenters. The van der Waals surface area contributed by atoms with Gasteiger partial charge >= 0.3 is 0 Å². The fourth-order valence-corrected chi connectivity index (χ4v) is 1.56. The Morgan fingerprint density at radius 3 is 2.67 bits per heavy atom. The van der Waals surface area contributed by atoms with E-state index in [1.54, 1.807) is 18.2 Å². The average Bonchev–Trinajstić information content (AvgIpc) is 2.24. The van der Waals surface area contributed by atoms with E-state index in [1.165, 1.54) is 0 Å². The topological polar surface area (TPSA) is 21.6 Å². The molecule has 0 N–H and O–H groups in total. The highest BCUT2D eigenvalue weighted by molar-refractivity contribution is 6.36. The Hall–Kier alpha value is -0.730. The molecule has 1 aromatic rings. The first kappa shape index (κ1) is 12.3.